The molecule has 0 aliphatic heterocycles. The average Bonchev–Trinajstić information content (AvgIpc) is 2.22. The van der Waals surface area contributed by atoms with Gasteiger partial charge < -0.3 is 20.8 Å². The molecule has 0 aromatic rings. The Morgan fingerprint density at radius 3 is 1.44 bits per heavy atom. The number of hydrogen-bond acceptors (Lipinski definition) is 6. The van der Waals surface area contributed by atoms with Crippen LogP contribution in [0.25, 0.3) is 0 Å². The SMILES string of the molecule is O=C(O)C(CS)NCCN[C@H](CS)C(=O)O. The Labute approximate surface area is 105 Å². The van der Waals surface area contributed by atoms with Gasteiger partial charge in [0.15, 0.2) is 0 Å². The second-order valence-corrected chi connectivity index (χ2v) is 3.79. The van der Waals surface area contributed by atoms with Crippen LogP contribution in [-0.4, -0.2) is 58.8 Å². The first-order chi connectivity index (χ1) is 7.52. The maximum absolute atomic E-state index is 10.6. The molecule has 0 amide bonds. The number of hydrogen-bond donors (Lipinski definition) is 6. The van der Waals surface area contributed by atoms with Crippen molar-refractivity contribution in [2.45, 2.75) is 12.1 Å². The minimum Gasteiger partial charge on any atom is -0.480 e. The van der Waals surface area contributed by atoms with E-state index in [-0.39, 0.29) is 11.5 Å². The first kappa shape index (κ1) is 15.6. The van der Waals surface area contributed by atoms with E-state index in [1.165, 1.54) is 0 Å². The summed E-state index contributed by atoms with van der Waals surface area (Å²) in [5, 5.41) is 22.8. The van der Waals surface area contributed by atoms with E-state index < -0.39 is 24.0 Å². The highest BCUT2D eigenvalue weighted by Crippen LogP contribution is 1.89. The van der Waals surface area contributed by atoms with Gasteiger partial charge in [0.25, 0.3) is 0 Å². The van der Waals surface area contributed by atoms with E-state index in [2.05, 4.69) is 35.9 Å². The van der Waals surface area contributed by atoms with Gasteiger partial charge in [0.1, 0.15) is 12.1 Å². The second kappa shape index (κ2) is 8.68. The Kier molecular flexibility index (Phi) is 8.44. The van der Waals surface area contributed by atoms with Crippen LogP contribution in [-0.2, 0) is 9.59 Å². The van der Waals surface area contributed by atoms with Gasteiger partial charge in [-0.15, -0.1) is 0 Å². The summed E-state index contributed by atoms with van der Waals surface area (Å²) in [6.07, 6.45) is 0. The van der Waals surface area contributed by atoms with E-state index in [4.69, 9.17) is 10.2 Å². The first-order valence-electron chi connectivity index (χ1n) is 4.67. The molecule has 4 N–H and O–H groups in total. The molecule has 1 unspecified atom stereocenters. The van der Waals surface area contributed by atoms with Gasteiger partial charge in [-0.3, -0.25) is 9.59 Å². The van der Waals surface area contributed by atoms with E-state index in [9.17, 15) is 9.59 Å². The molecule has 0 saturated carbocycles. The minimum atomic E-state index is -0.973. The molecule has 6 nitrogen and oxygen atoms in total. The summed E-state index contributed by atoms with van der Waals surface area (Å²) in [6.45, 7) is 0.712. The van der Waals surface area contributed by atoms with E-state index in [0.717, 1.165) is 0 Å². The molecule has 0 saturated heterocycles. The lowest BCUT2D eigenvalue weighted by molar-refractivity contribution is -0.140. The summed E-state index contributed by atoms with van der Waals surface area (Å²) in [5.41, 5.74) is 0. The highest BCUT2D eigenvalue weighted by Gasteiger charge is 2.16. The molecule has 94 valence electrons. The van der Waals surface area contributed by atoms with Gasteiger partial charge in [-0.2, -0.15) is 25.3 Å². The van der Waals surface area contributed by atoms with Gasteiger partial charge in [-0.1, -0.05) is 0 Å². The van der Waals surface area contributed by atoms with Crippen molar-refractivity contribution in [3.05, 3.63) is 0 Å². The van der Waals surface area contributed by atoms with Gasteiger partial charge in [0, 0.05) is 24.6 Å². The summed E-state index contributed by atoms with van der Waals surface area (Å²) in [5.74, 6) is -1.58. The maximum atomic E-state index is 10.6. The Morgan fingerprint density at radius 2 is 1.25 bits per heavy atom. The maximum Gasteiger partial charge on any atom is 0.321 e. The van der Waals surface area contributed by atoms with Crippen molar-refractivity contribution in [1.82, 2.24) is 10.6 Å². The molecule has 0 aliphatic rings. The van der Waals surface area contributed by atoms with Crippen LogP contribution in [0.1, 0.15) is 0 Å². The Balaban J connectivity index is 3.73. The van der Waals surface area contributed by atoms with Crippen molar-refractivity contribution < 1.29 is 19.8 Å². The summed E-state index contributed by atoms with van der Waals surface area (Å²) in [6, 6.07) is -1.44. The van der Waals surface area contributed by atoms with Crippen LogP contribution in [0.3, 0.4) is 0 Å². The van der Waals surface area contributed by atoms with Crippen molar-refractivity contribution >= 4 is 37.2 Å². The van der Waals surface area contributed by atoms with Gasteiger partial charge in [-0.25, -0.2) is 0 Å². The molecule has 0 bridgehead atoms. The zero-order valence-electron chi connectivity index (χ0n) is 8.59. The fraction of sp³-hybridized carbons (Fsp3) is 0.750. The first-order valence-corrected chi connectivity index (χ1v) is 5.93. The average molecular weight is 268 g/mol. The summed E-state index contributed by atoms with van der Waals surface area (Å²) in [4.78, 5) is 21.2. The van der Waals surface area contributed by atoms with E-state index in [1.807, 2.05) is 0 Å². The van der Waals surface area contributed by atoms with Crippen LogP contribution in [0.5, 0.6) is 0 Å². The van der Waals surface area contributed by atoms with Crippen molar-refractivity contribution in [2.24, 2.45) is 0 Å². The topological polar surface area (TPSA) is 98.7 Å². The van der Waals surface area contributed by atoms with Gasteiger partial charge in [0.05, 0.1) is 0 Å². The van der Waals surface area contributed by atoms with E-state index in [1.54, 1.807) is 0 Å². The third kappa shape index (κ3) is 6.21. The predicted molar refractivity (Wildman–Crippen MR) is 66.6 cm³/mol. The highest BCUT2D eigenvalue weighted by molar-refractivity contribution is 7.80. The molecule has 0 fully saturated rings. The van der Waals surface area contributed by atoms with E-state index >= 15 is 0 Å². The Morgan fingerprint density at radius 1 is 0.938 bits per heavy atom. The van der Waals surface area contributed by atoms with Gasteiger partial charge >= 0.3 is 11.9 Å². The molecule has 0 heterocycles. The highest BCUT2D eigenvalue weighted by atomic mass is 32.1. The fourth-order valence-electron chi connectivity index (χ4n) is 0.953. The summed E-state index contributed by atoms with van der Waals surface area (Å²) in [7, 11) is 0. The molecule has 0 rings (SSSR count). The lowest BCUT2D eigenvalue weighted by Crippen LogP contribution is -2.45. The fourth-order valence-corrected chi connectivity index (χ4v) is 1.52. The Hall–Kier alpha value is -0.440. The number of carboxylic acid groups (broad SMARTS) is 2. The molecular weight excluding hydrogens is 252 g/mol. The van der Waals surface area contributed by atoms with Crippen molar-refractivity contribution in [1.29, 1.82) is 0 Å². The normalized spacial score (nSPS) is 14.4. The third-order valence-electron chi connectivity index (χ3n) is 1.87. The molecule has 8 heteroatoms. The lowest BCUT2D eigenvalue weighted by Gasteiger charge is -2.14. The molecule has 16 heavy (non-hydrogen) atoms. The van der Waals surface area contributed by atoms with Crippen molar-refractivity contribution in [3.63, 3.8) is 0 Å². The summed E-state index contributed by atoms with van der Waals surface area (Å²) >= 11 is 7.76. The zero-order valence-corrected chi connectivity index (χ0v) is 10.4. The standard InChI is InChI=1S/C8H16N2O4S2/c11-7(12)5(3-15)9-1-2-10-6(4-16)8(13)14/h5-6,9-10,15-16H,1-4H2,(H,11,12)(H,13,14)/t5-,6?/m1/s1. The lowest BCUT2D eigenvalue weighted by atomic mass is 10.3. The molecule has 0 aromatic heterocycles. The van der Waals surface area contributed by atoms with Gasteiger partial charge in [-0.05, 0) is 0 Å². The number of nitrogens with one attached hydrogen (secondary N) is 2. The predicted octanol–water partition coefficient (Wildman–Crippen LogP) is -1.07. The molecule has 0 radical (unpaired) electrons. The minimum absolute atomic E-state index is 0.185. The number of rotatable bonds is 9. The molecular formula is C8H16N2O4S2. The number of aliphatic carboxylic acids is 2. The zero-order chi connectivity index (χ0) is 12.6. The quantitative estimate of drug-likeness (QED) is 0.235. The monoisotopic (exact) mass is 268 g/mol. The van der Waals surface area contributed by atoms with Crippen LogP contribution in [0.2, 0.25) is 0 Å². The molecule has 0 aliphatic carbocycles. The summed E-state index contributed by atoms with van der Waals surface area (Å²) < 4.78 is 0. The molecule has 2 atom stereocenters. The third-order valence-corrected chi connectivity index (χ3v) is 2.60. The smallest absolute Gasteiger partial charge is 0.321 e. The van der Waals surface area contributed by atoms with Crippen molar-refractivity contribution in [3.8, 4) is 0 Å². The van der Waals surface area contributed by atoms with Crippen molar-refractivity contribution in [2.75, 3.05) is 24.6 Å². The van der Waals surface area contributed by atoms with Crippen LogP contribution in [0, 0.1) is 0 Å². The molecule has 0 spiro atoms. The molecule has 0 aromatic carbocycles. The van der Waals surface area contributed by atoms with Crippen LogP contribution in [0.15, 0.2) is 0 Å². The van der Waals surface area contributed by atoms with Gasteiger partial charge in [0.2, 0.25) is 0 Å². The number of thiol groups is 2. The second-order valence-electron chi connectivity index (χ2n) is 3.06. The van der Waals surface area contributed by atoms with Crippen LogP contribution < -0.4 is 10.6 Å². The largest absolute Gasteiger partial charge is 0.480 e. The number of carboxylic acids is 2. The van der Waals surface area contributed by atoms with E-state index in [0.29, 0.717) is 13.1 Å². The Bertz CT molecular complexity index is 216. The van der Waals surface area contributed by atoms with Crippen LogP contribution in [0.4, 0.5) is 0 Å². The van der Waals surface area contributed by atoms with Crippen LogP contribution >= 0.6 is 25.3 Å². The number of carbonyl (C=O) groups is 2.